The molecule has 0 aliphatic carbocycles. The van der Waals surface area contributed by atoms with Crippen molar-refractivity contribution in [1.29, 1.82) is 0 Å². The molecule has 0 atom stereocenters. The zero-order valence-electron chi connectivity index (χ0n) is 19.3. The zero-order chi connectivity index (χ0) is 21.2. The topological polar surface area (TPSA) is 49.2 Å². The Morgan fingerprint density at radius 1 is 0.964 bits per heavy atom. The molecule has 158 valence electrons. The molecule has 0 radical (unpaired) electrons. The van der Waals surface area contributed by atoms with Gasteiger partial charge in [-0.15, -0.1) is 0 Å². The predicted octanol–water partition coefficient (Wildman–Crippen LogP) is 5.85. The number of hydrogen-bond acceptors (Lipinski definition) is 4. The molecule has 28 heavy (non-hydrogen) atoms. The molecule has 0 aliphatic heterocycles. The van der Waals surface area contributed by atoms with Crippen molar-refractivity contribution < 1.29 is 8.85 Å². The van der Waals surface area contributed by atoms with Crippen molar-refractivity contribution in [1.82, 2.24) is 14.5 Å². The van der Waals surface area contributed by atoms with Crippen molar-refractivity contribution >= 4 is 27.7 Å². The van der Waals surface area contributed by atoms with Crippen LogP contribution < -0.4 is 0 Å². The molecule has 0 spiro atoms. The van der Waals surface area contributed by atoms with Crippen LogP contribution in [0.25, 0.3) is 11.0 Å². The van der Waals surface area contributed by atoms with Gasteiger partial charge in [0.25, 0.3) is 0 Å². The van der Waals surface area contributed by atoms with E-state index in [0.717, 1.165) is 37.2 Å². The quantitative estimate of drug-likeness (QED) is 0.377. The van der Waals surface area contributed by atoms with Gasteiger partial charge in [0.05, 0.1) is 0 Å². The number of fused-ring (bicyclic) bond motifs is 1. The Hall–Kier alpha value is -1.03. The third-order valence-corrected chi connectivity index (χ3v) is 15.5. The first-order chi connectivity index (χ1) is 12.8. The van der Waals surface area contributed by atoms with E-state index in [-0.39, 0.29) is 10.1 Å². The molecular weight excluding hydrogens is 382 g/mol. The Balaban J connectivity index is 1.90. The fourth-order valence-electron chi connectivity index (χ4n) is 2.80. The summed E-state index contributed by atoms with van der Waals surface area (Å²) in [6.07, 6.45) is 6.55. The van der Waals surface area contributed by atoms with Gasteiger partial charge in [0.2, 0.25) is 0 Å². The minimum absolute atomic E-state index is 0.0736. The van der Waals surface area contributed by atoms with Crippen LogP contribution in [0, 0.1) is 0 Å². The van der Waals surface area contributed by atoms with E-state index in [0.29, 0.717) is 0 Å². The molecule has 0 N–H and O–H groups in total. The highest BCUT2D eigenvalue weighted by atomic mass is 28.4. The van der Waals surface area contributed by atoms with Gasteiger partial charge in [-0.25, -0.2) is 9.97 Å². The van der Waals surface area contributed by atoms with Crippen molar-refractivity contribution in [2.75, 3.05) is 13.2 Å². The molecule has 0 amide bonds. The first-order valence-corrected chi connectivity index (χ1v) is 16.1. The maximum Gasteiger partial charge on any atom is 0.194 e. The molecule has 0 aliphatic rings. The lowest BCUT2D eigenvalue weighted by Gasteiger charge is -2.40. The van der Waals surface area contributed by atoms with Crippen LogP contribution in [0.2, 0.25) is 36.3 Å². The normalized spacial score (nSPS) is 14.0. The molecule has 2 aromatic heterocycles. The summed E-state index contributed by atoms with van der Waals surface area (Å²) in [5.74, 6) is 0. The fourth-order valence-corrected chi connectivity index (χ4v) is 5.49. The monoisotopic (exact) mass is 421 g/mol. The second-order valence-electron chi connectivity index (χ2n) is 10.5. The first kappa shape index (κ1) is 23.3. The summed E-state index contributed by atoms with van der Waals surface area (Å²) in [6, 6.07) is 2.08. The SMILES string of the molecule is CC(C)(C)[Si](C)(C)OCCCO[Si](C)(C)C(C)(C)Cn1ccc2cncnc21. The second kappa shape index (κ2) is 8.38. The molecule has 0 aromatic carbocycles. The Kier molecular flexibility index (Phi) is 6.96. The number of nitrogens with zero attached hydrogens (tertiary/aromatic N) is 3. The second-order valence-corrected chi connectivity index (χ2v) is 19.9. The van der Waals surface area contributed by atoms with Crippen molar-refractivity contribution in [3.05, 3.63) is 24.8 Å². The van der Waals surface area contributed by atoms with Gasteiger partial charge in [-0.05, 0) is 43.7 Å². The molecule has 0 fully saturated rings. The molecule has 7 heteroatoms. The maximum atomic E-state index is 6.48. The van der Waals surface area contributed by atoms with Crippen molar-refractivity contribution in [2.24, 2.45) is 0 Å². The van der Waals surface area contributed by atoms with Crippen LogP contribution in [0.15, 0.2) is 24.8 Å². The Labute approximate surface area is 173 Å². The maximum absolute atomic E-state index is 6.48. The van der Waals surface area contributed by atoms with E-state index in [1.807, 2.05) is 6.20 Å². The van der Waals surface area contributed by atoms with Gasteiger partial charge in [-0.1, -0.05) is 34.6 Å². The number of aromatic nitrogens is 3. The van der Waals surface area contributed by atoms with Crippen LogP contribution in [0.4, 0.5) is 0 Å². The van der Waals surface area contributed by atoms with Crippen LogP contribution in [0.5, 0.6) is 0 Å². The highest BCUT2D eigenvalue weighted by Gasteiger charge is 2.41. The highest BCUT2D eigenvalue weighted by Crippen LogP contribution is 2.40. The van der Waals surface area contributed by atoms with Gasteiger partial charge in [-0.2, -0.15) is 0 Å². The number of rotatable bonds is 9. The van der Waals surface area contributed by atoms with E-state index in [1.165, 1.54) is 0 Å². The molecule has 0 unspecified atom stereocenters. The smallest absolute Gasteiger partial charge is 0.194 e. The summed E-state index contributed by atoms with van der Waals surface area (Å²) in [5, 5.41) is 1.42. The zero-order valence-corrected chi connectivity index (χ0v) is 21.3. The summed E-state index contributed by atoms with van der Waals surface area (Å²) in [4.78, 5) is 8.56. The fraction of sp³-hybridized carbons (Fsp3) is 0.714. The Morgan fingerprint density at radius 2 is 1.57 bits per heavy atom. The third kappa shape index (κ3) is 5.31. The van der Waals surface area contributed by atoms with Gasteiger partial charge in [0.15, 0.2) is 16.6 Å². The molecule has 2 heterocycles. The minimum Gasteiger partial charge on any atom is -0.417 e. The summed E-state index contributed by atoms with van der Waals surface area (Å²) < 4.78 is 15.0. The van der Waals surface area contributed by atoms with E-state index in [9.17, 15) is 0 Å². The van der Waals surface area contributed by atoms with Crippen LogP contribution >= 0.6 is 0 Å². The largest absolute Gasteiger partial charge is 0.417 e. The van der Waals surface area contributed by atoms with Gasteiger partial charge in [0, 0.05) is 42.6 Å². The molecule has 2 rings (SSSR count). The lowest BCUT2D eigenvalue weighted by Crippen LogP contribution is -2.45. The Morgan fingerprint density at radius 3 is 2.18 bits per heavy atom. The molecule has 0 saturated carbocycles. The standard InChI is InChI=1S/C21H39N3O2Si2/c1-20(2,3)27(6,7)25-13-10-14-26-28(8,9)21(4,5)16-24-12-11-18-15-22-17-23-19(18)24/h11-12,15,17H,10,13-14,16H2,1-9H3. The highest BCUT2D eigenvalue weighted by molar-refractivity contribution is 6.74. The number of hydrogen-bond donors (Lipinski definition) is 0. The molecule has 2 aromatic rings. The average molecular weight is 422 g/mol. The minimum atomic E-state index is -1.92. The summed E-state index contributed by atoms with van der Waals surface area (Å²) in [6.45, 7) is 23.2. The summed E-state index contributed by atoms with van der Waals surface area (Å²) in [5.41, 5.74) is 0.996. The van der Waals surface area contributed by atoms with Gasteiger partial charge >= 0.3 is 0 Å². The lowest BCUT2D eigenvalue weighted by molar-refractivity contribution is 0.219. The first-order valence-electron chi connectivity index (χ1n) is 10.3. The molecule has 0 saturated heterocycles. The van der Waals surface area contributed by atoms with E-state index in [4.69, 9.17) is 8.85 Å². The van der Waals surface area contributed by atoms with Crippen molar-refractivity contribution in [3.63, 3.8) is 0 Å². The van der Waals surface area contributed by atoms with Gasteiger partial charge < -0.3 is 13.4 Å². The van der Waals surface area contributed by atoms with Crippen LogP contribution in [0.3, 0.4) is 0 Å². The van der Waals surface area contributed by atoms with Crippen molar-refractivity contribution in [2.45, 2.75) is 83.8 Å². The van der Waals surface area contributed by atoms with Gasteiger partial charge in [-0.3, -0.25) is 0 Å². The van der Waals surface area contributed by atoms with E-state index >= 15 is 0 Å². The molecule has 0 bridgehead atoms. The van der Waals surface area contributed by atoms with Crippen LogP contribution in [0.1, 0.15) is 41.0 Å². The molecular formula is C21H39N3O2Si2. The molecule has 5 nitrogen and oxygen atoms in total. The summed E-state index contributed by atoms with van der Waals surface area (Å²) >= 11 is 0. The van der Waals surface area contributed by atoms with E-state index in [1.54, 1.807) is 6.33 Å². The van der Waals surface area contributed by atoms with E-state index in [2.05, 4.69) is 87.6 Å². The average Bonchev–Trinajstić information content (AvgIpc) is 2.96. The summed E-state index contributed by atoms with van der Waals surface area (Å²) in [7, 11) is -3.58. The lowest BCUT2D eigenvalue weighted by atomic mass is 10.2. The van der Waals surface area contributed by atoms with Gasteiger partial charge in [0.1, 0.15) is 12.0 Å². The van der Waals surface area contributed by atoms with Crippen LogP contribution in [-0.4, -0.2) is 44.4 Å². The Bertz CT molecular complexity index is 779. The van der Waals surface area contributed by atoms with Crippen LogP contribution in [-0.2, 0) is 15.4 Å². The third-order valence-electron chi connectivity index (χ3n) is 6.64. The predicted molar refractivity (Wildman–Crippen MR) is 123 cm³/mol. The van der Waals surface area contributed by atoms with E-state index < -0.39 is 16.6 Å². The van der Waals surface area contributed by atoms with Crippen molar-refractivity contribution in [3.8, 4) is 0 Å².